The number of nitrogens with zero attached hydrogens (tertiary/aromatic N) is 2. The van der Waals surface area contributed by atoms with Crippen LogP contribution in [0.1, 0.15) is 18.4 Å². The van der Waals surface area contributed by atoms with Gasteiger partial charge in [-0.05, 0) is 31.1 Å². The lowest BCUT2D eigenvalue weighted by Gasteiger charge is -2.10. The number of nitrogens with one attached hydrogen (secondary N) is 2. The average molecular weight is 357 g/mol. The summed E-state index contributed by atoms with van der Waals surface area (Å²) in [6, 6.07) is 9.17. The number of halogens is 1. The number of carbonyl (C=O) groups excluding carboxylic acids is 1. The van der Waals surface area contributed by atoms with E-state index in [0.717, 1.165) is 30.7 Å². The van der Waals surface area contributed by atoms with Crippen LogP contribution in [0.4, 0.5) is 0 Å². The highest BCUT2D eigenvalue weighted by molar-refractivity contribution is 6.30. The summed E-state index contributed by atoms with van der Waals surface area (Å²) in [5, 5.41) is 19.6. The van der Waals surface area contributed by atoms with Gasteiger partial charge in [-0.1, -0.05) is 23.7 Å². The Morgan fingerprint density at radius 2 is 2.28 bits per heavy atom. The van der Waals surface area contributed by atoms with Gasteiger partial charge in [0.1, 0.15) is 11.6 Å². The maximum absolute atomic E-state index is 12.2. The van der Waals surface area contributed by atoms with E-state index >= 15 is 0 Å². The first-order valence-electron chi connectivity index (χ1n) is 7.98. The maximum Gasteiger partial charge on any atom is 0.262 e. The van der Waals surface area contributed by atoms with Crippen LogP contribution < -0.4 is 5.32 Å². The third-order valence-corrected chi connectivity index (χ3v) is 4.23. The molecule has 1 amide bonds. The number of H-pyrrole nitrogens is 1. The highest BCUT2D eigenvalue weighted by Crippen LogP contribution is 2.24. The molecule has 0 spiro atoms. The van der Waals surface area contributed by atoms with Crippen LogP contribution in [0.2, 0.25) is 5.02 Å². The predicted octanol–water partition coefficient (Wildman–Crippen LogP) is 2.93. The fourth-order valence-corrected chi connectivity index (χ4v) is 2.79. The van der Waals surface area contributed by atoms with Gasteiger partial charge < -0.3 is 10.1 Å². The highest BCUT2D eigenvalue weighted by Gasteiger charge is 2.18. The van der Waals surface area contributed by atoms with Crippen molar-refractivity contribution in [2.75, 3.05) is 13.2 Å². The first-order chi connectivity index (χ1) is 12.2. The minimum Gasteiger partial charge on any atom is -0.376 e. The maximum atomic E-state index is 12.2. The molecule has 1 aromatic heterocycles. The van der Waals surface area contributed by atoms with Crippen molar-refractivity contribution in [2.24, 2.45) is 0 Å². The third kappa shape index (κ3) is 4.27. The number of aromatic nitrogens is 2. The molecule has 1 atom stereocenters. The van der Waals surface area contributed by atoms with Gasteiger partial charge in [0.05, 0.1) is 18.0 Å². The van der Waals surface area contributed by atoms with Crippen LogP contribution in [0, 0.1) is 11.3 Å². The molecule has 7 heteroatoms. The molecule has 0 unspecified atom stereocenters. The van der Waals surface area contributed by atoms with Crippen LogP contribution in [0.3, 0.4) is 0 Å². The van der Waals surface area contributed by atoms with Crippen molar-refractivity contribution in [3.63, 3.8) is 0 Å². The van der Waals surface area contributed by atoms with Gasteiger partial charge in [0.25, 0.3) is 5.91 Å². The Balaban J connectivity index is 1.76. The highest BCUT2D eigenvalue weighted by atomic mass is 35.5. The van der Waals surface area contributed by atoms with Gasteiger partial charge in [-0.15, -0.1) is 0 Å². The number of rotatable bonds is 5. The number of hydrogen-bond acceptors (Lipinski definition) is 4. The largest absolute Gasteiger partial charge is 0.376 e. The Bertz CT molecular complexity index is 814. The van der Waals surface area contributed by atoms with Crippen LogP contribution in [0.15, 0.2) is 36.0 Å². The van der Waals surface area contributed by atoms with E-state index in [1.165, 1.54) is 6.08 Å². The van der Waals surface area contributed by atoms with E-state index < -0.39 is 5.91 Å². The summed E-state index contributed by atoms with van der Waals surface area (Å²) in [6.07, 6.45) is 5.06. The summed E-state index contributed by atoms with van der Waals surface area (Å²) in [5.41, 5.74) is 2.27. The molecule has 0 aliphatic carbocycles. The van der Waals surface area contributed by atoms with E-state index in [4.69, 9.17) is 16.3 Å². The molecule has 1 aromatic carbocycles. The second kappa shape index (κ2) is 7.97. The van der Waals surface area contributed by atoms with Gasteiger partial charge in [0, 0.05) is 29.3 Å². The van der Waals surface area contributed by atoms with E-state index in [1.54, 1.807) is 18.3 Å². The number of hydrogen-bond donors (Lipinski definition) is 2. The smallest absolute Gasteiger partial charge is 0.262 e. The fourth-order valence-electron chi connectivity index (χ4n) is 2.66. The summed E-state index contributed by atoms with van der Waals surface area (Å²) in [4.78, 5) is 12.2. The molecule has 0 radical (unpaired) electrons. The van der Waals surface area contributed by atoms with E-state index in [2.05, 4.69) is 15.5 Å². The van der Waals surface area contributed by atoms with Crippen molar-refractivity contribution in [3.05, 3.63) is 46.6 Å². The normalized spacial score (nSPS) is 17.3. The standard InChI is InChI=1S/C18H17ClN4O2/c19-15-5-3-12(4-6-15)17-14(10-22-23-17)8-13(9-20)18(24)21-11-16-2-1-7-25-16/h3-6,8,10,16H,1-2,7,11H2,(H,21,24)(H,22,23)/b13-8+/t16-/m0/s1. The monoisotopic (exact) mass is 356 g/mol. The molecule has 25 heavy (non-hydrogen) atoms. The Kier molecular flexibility index (Phi) is 5.49. The molecule has 128 valence electrons. The lowest BCUT2D eigenvalue weighted by atomic mass is 10.1. The molecule has 0 saturated carbocycles. The molecule has 2 aromatic rings. The van der Waals surface area contributed by atoms with Crippen LogP contribution in [-0.2, 0) is 9.53 Å². The summed E-state index contributed by atoms with van der Waals surface area (Å²) in [7, 11) is 0. The van der Waals surface area contributed by atoms with Crippen molar-refractivity contribution >= 4 is 23.6 Å². The Morgan fingerprint density at radius 1 is 1.48 bits per heavy atom. The fraction of sp³-hybridized carbons (Fsp3) is 0.278. The zero-order valence-corrected chi connectivity index (χ0v) is 14.2. The summed E-state index contributed by atoms with van der Waals surface area (Å²) >= 11 is 5.91. The first kappa shape index (κ1) is 17.2. The average Bonchev–Trinajstić information content (AvgIpc) is 3.30. The quantitative estimate of drug-likeness (QED) is 0.636. The molecule has 3 rings (SSSR count). The number of ether oxygens (including phenoxy) is 1. The molecule has 0 bridgehead atoms. The van der Waals surface area contributed by atoms with Crippen LogP contribution in [0.5, 0.6) is 0 Å². The van der Waals surface area contributed by atoms with Crippen LogP contribution in [0.25, 0.3) is 17.3 Å². The van der Waals surface area contributed by atoms with Gasteiger partial charge >= 0.3 is 0 Å². The zero-order valence-electron chi connectivity index (χ0n) is 13.5. The Hall–Kier alpha value is -2.62. The Labute approximate surface area is 150 Å². The van der Waals surface area contributed by atoms with Crippen LogP contribution >= 0.6 is 11.6 Å². The minimum atomic E-state index is -0.416. The lowest BCUT2D eigenvalue weighted by Crippen LogP contribution is -2.32. The molecule has 1 fully saturated rings. The molecule has 1 aliphatic heterocycles. The number of amides is 1. The minimum absolute atomic E-state index is 0.0228. The van der Waals surface area contributed by atoms with Crippen molar-refractivity contribution in [1.29, 1.82) is 5.26 Å². The van der Waals surface area contributed by atoms with Crippen molar-refractivity contribution in [1.82, 2.24) is 15.5 Å². The van der Waals surface area contributed by atoms with Crippen LogP contribution in [-0.4, -0.2) is 35.4 Å². The second-order valence-corrected chi connectivity index (χ2v) is 6.16. The van der Waals surface area contributed by atoms with E-state index in [-0.39, 0.29) is 11.7 Å². The zero-order chi connectivity index (χ0) is 17.6. The number of aromatic amines is 1. The van der Waals surface area contributed by atoms with Gasteiger partial charge in [-0.3, -0.25) is 9.89 Å². The van der Waals surface area contributed by atoms with Gasteiger partial charge in [0.2, 0.25) is 0 Å². The molecule has 2 heterocycles. The molecular weight excluding hydrogens is 340 g/mol. The van der Waals surface area contributed by atoms with Gasteiger partial charge in [-0.2, -0.15) is 10.4 Å². The molecule has 2 N–H and O–H groups in total. The van der Waals surface area contributed by atoms with Gasteiger partial charge in [0.15, 0.2) is 0 Å². The second-order valence-electron chi connectivity index (χ2n) is 5.72. The van der Waals surface area contributed by atoms with Crippen molar-refractivity contribution in [3.8, 4) is 17.3 Å². The summed E-state index contributed by atoms with van der Waals surface area (Å²) in [6.45, 7) is 1.13. The third-order valence-electron chi connectivity index (χ3n) is 3.98. The first-order valence-corrected chi connectivity index (χ1v) is 8.36. The Morgan fingerprint density at radius 3 is 2.96 bits per heavy atom. The molecular formula is C18H17ClN4O2. The molecule has 1 aliphatic rings. The number of benzene rings is 1. The van der Waals surface area contributed by atoms with E-state index in [0.29, 0.717) is 17.1 Å². The summed E-state index contributed by atoms with van der Waals surface area (Å²) < 4.78 is 5.47. The lowest BCUT2D eigenvalue weighted by molar-refractivity contribution is -0.117. The summed E-state index contributed by atoms with van der Waals surface area (Å²) in [5.74, 6) is -0.416. The number of nitriles is 1. The molecule has 6 nitrogen and oxygen atoms in total. The van der Waals surface area contributed by atoms with E-state index in [1.807, 2.05) is 18.2 Å². The SMILES string of the molecule is N#C/C(=C\c1cn[nH]c1-c1ccc(Cl)cc1)C(=O)NC[C@@H]1CCCO1. The topological polar surface area (TPSA) is 90.8 Å². The van der Waals surface area contributed by atoms with Crippen molar-refractivity contribution in [2.45, 2.75) is 18.9 Å². The molecule has 1 saturated heterocycles. The predicted molar refractivity (Wildman–Crippen MR) is 94.6 cm³/mol. The number of carbonyl (C=O) groups is 1. The van der Waals surface area contributed by atoms with Gasteiger partial charge in [-0.25, -0.2) is 0 Å². The van der Waals surface area contributed by atoms with E-state index in [9.17, 15) is 10.1 Å². The van der Waals surface area contributed by atoms with Crippen molar-refractivity contribution < 1.29 is 9.53 Å².